The van der Waals surface area contributed by atoms with E-state index in [1.54, 1.807) is 36.4 Å². The molecule has 2 heterocycles. The first-order valence-corrected chi connectivity index (χ1v) is 6.92. The molecule has 0 atom stereocenters. The number of anilines is 1. The molecule has 3 rings (SSSR count). The predicted molar refractivity (Wildman–Crippen MR) is 77.0 cm³/mol. The predicted octanol–water partition coefficient (Wildman–Crippen LogP) is 3.70. The quantitative estimate of drug-likeness (QED) is 0.801. The van der Waals surface area contributed by atoms with E-state index in [0.717, 1.165) is 0 Å². The minimum atomic E-state index is -0.277. The van der Waals surface area contributed by atoms with Gasteiger partial charge in [0.15, 0.2) is 0 Å². The molecule has 0 saturated carbocycles. The van der Waals surface area contributed by atoms with Crippen LogP contribution in [0.15, 0.2) is 46.2 Å². The number of benzene rings is 1. The SMILES string of the molecule is O=C(Nc1nnc(-c2cccc(Cl)c2)o1)c1cccs1. The standard InChI is InChI=1S/C13H8ClN3O2S/c14-9-4-1-3-8(7-9)12-16-17-13(19-12)15-11(18)10-5-2-6-20-10/h1-7H,(H,15,17,18). The minimum absolute atomic E-state index is 0.0541. The van der Waals surface area contributed by atoms with Gasteiger partial charge in [0.1, 0.15) is 0 Å². The summed E-state index contributed by atoms with van der Waals surface area (Å²) < 4.78 is 5.39. The molecule has 5 nitrogen and oxygen atoms in total. The zero-order valence-electron chi connectivity index (χ0n) is 10.0. The molecule has 2 aromatic heterocycles. The summed E-state index contributed by atoms with van der Waals surface area (Å²) in [5, 5.41) is 12.6. The molecule has 3 aromatic rings. The highest BCUT2D eigenvalue weighted by molar-refractivity contribution is 7.12. The fraction of sp³-hybridized carbons (Fsp3) is 0. The Morgan fingerprint density at radius 2 is 2.15 bits per heavy atom. The molecule has 0 aliphatic carbocycles. The second kappa shape index (κ2) is 5.44. The Morgan fingerprint density at radius 3 is 2.90 bits per heavy atom. The summed E-state index contributed by atoms with van der Waals surface area (Å²) >= 11 is 7.23. The van der Waals surface area contributed by atoms with Gasteiger partial charge in [-0.2, -0.15) is 0 Å². The Morgan fingerprint density at radius 1 is 1.25 bits per heavy atom. The monoisotopic (exact) mass is 305 g/mol. The van der Waals surface area contributed by atoms with Crippen molar-refractivity contribution >= 4 is 34.9 Å². The molecule has 0 unspecified atom stereocenters. The van der Waals surface area contributed by atoms with Crippen LogP contribution in [-0.2, 0) is 0 Å². The third-order valence-corrected chi connectivity index (χ3v) is 3.57. The van der Waals surface area contributed by atoms with Crippen LogP contribution in [-0.4, -0.2) is 16.1 Å². The van der Waals surface area contributed by atoms with Crippen molar-refractivity contribution in [3.05, 3.63) is 51.7 Å². The van der Waals surface area contributed by atoms with Gasteiger partial charge in [0.2, 0.25) is 5.89 Å². The van der Waals surface area contributed by atoms with E-state index in [0.29, 0.717) is 21.4 Å². The highest BCUT2D eigenvalue weighted by Gasteiger charge is 2.13. The summed E-state index contributed by atoms with van der Waals surface area (Å²) in [7, 11) is 0. The molecule has 7 heteroatoms. The fourth-order valence-electron chi connectivity index (χ4n) is 1.58. The molecule has 100 valence electrons. The largest absolute Gasteiger partial charge is 0.403 e. The molecule has 20 heavy (non-hydrogen) atoms. The number of rotatable bonds is 3. The second-order valence-electron chi connectivity index (χ2n) is 3.85. The lowest BCUT2D eigenvalue weighted by atomic mass is 10.2. The Kier molecular flexibility index (Phi) is 3.49. The molecule has 0 saturated heterocycles. The van der Waals surface area contributed by atoms with Crippen LogP contribution >= 0.6 is 22.9 Å². The second-order valence-corrected chi connectivity index (χ2v) is 5.24. The summed E-state index contributed by atoms with van der Waals surface area (Å²) in [6.07, 6.45) is 0. The molecule has 1 aromatic carbocycles. The first-order chi connectivity index (χ1) is 9.72. The highest BCUT2D eigenvalue weighted by atomic mass is 35.5. The number of nitrogens with zero attached hydrogens (tertiary/aromatic N) is 2. The number of amides is 1. The van der Waals surface area contributed by atoms with Gasteiger partial charge < -0.3 is 4.42 Å². The number of nitrogens with one attached hydrogen (secondary N) is 1. The maximum Gasteiger partial charge on any atom is 0.322 e. The number of carbonyl (C=O) groups excluding carboxylic acids is 1. The number of hydrogen-bond acceptors (Lipinski definition) is 5. The van der Waals surface area contributed by atoms with Gasteiger partial charge in [-0.25, -0.2) is 0 Å². The minimum Gasteiger partial charge on any atom is -0.403 e. The normalized spacial score (nSPS) is 10.4. The topological polar surface area (TPSA) is 68.0 Å². The van der Waals surface area contributed by atoms with E-state index < -0.39 is 0 Å². The van der Waals surface area contributed by atoms with Crippen molar-refractivity contribution in [3.8, 4) is 11.5 Å². The molecule has 1 amide bonds. The molecule has 1 N–H and O–H groups in total. The van der Waals surface area contributed by atoms with Crippen LogP contribution in [0.4, 0.5) is 6.01 Å². The Hall–Kier alpha value is -2.18. The van der Waals surface area contributed by atoms with E-state index in [1.165, 1.54) is 11.3 Å². The zero-order chi connectivity index (χ0) is 13.9. The van der Waals surface area contributed by atoms with Crippen molar-refractivity contribution in [1.82, 2.24) is 10.2 Å². The van der Waals surface area contributed by atoms with Crippen LogP contribution in [0.5, 0.6) is 0 Å². The van der Waals surface area contributed by atoms with Gasteiger partial charge in [0.25, 0.3) is 5.91 Å². The Bertz CT molecular complexity index is 740. The van der Waals surface area contributed by atoms with Gasteiger partial charge in [-0.15, -0.1) is 16.4 Å². The summed E-state index contributed by atoms with van der Waals surface area (Å²) in [5.41, 5.74) is 0.696. The van der Waals surface area contributed by atoms with Gasteiger partial charge in [-0.3, -0.25) is 10.1 Å². The molecule has 0 spiro atoms. The molecular formula is C13H8ClN3O2S. The van der Waals surface area contributed by atoms with E-state index >= 15 is 0 Å². The molecule has 0 aliphatic rings. The van der Waals surface area contributed by atoms with Gasteiger partial charge >= 0.3 is 6.01 Å². The van der Waals surface area contributed by atoms with Gasteiger partial charge in [-0.05, 0) is 29.6 Å². The lowest BCUT2D eigenvalue weighted by Gasteiger charge is -1.97. The number of halogens is 1. The third kappa shape index (κ3) is 2.71. The van der Waals surface area contributed by atoms with E-state index in [1.807, 2.05) is 5.38 Å². The first kappa shape index (κ1) is 12.8. The van der Waals surface area contributed by atoms with E-state index in [2.05, 4.69) is 15.5 Å². The maximum atomic E-state index is 11.8. The van der Waals surface area contributed by atoms with Crippen LogP contribution in [0, 0.1) is 0 Å². The number of hydrogen-bond donors (Lipinski definition) is 1. The van der Waals surface area contributed by atoms with E-state index in [4.69, 9.17) is 16.0 Å². The van der Waals surface area contributed by atoms with Crippen LogP contribution in [0.1, 0.15) is 9.67 Å². The summed E-state index contributed by atoms with van der Waals surface area (Å²) in [4.78, 5) is 12.4. The average Bonchev–Trinajstić information content (AvgIpc) is 3.10. The van der Waals surface area contributed by atoms with Gasteiger partial charge in [-0.1, -0.05) is 28.8 Å². The van der Waals surface area contributed by atoms with Gasteiger partial charge in [0, 0.05) is 10.6 Å². The molecule has 0 aliphatic heterocycles. The van der Waals surface area contributed by atoms with E-state index in [-0.39, 0.29) is 11.9 Å². The summed E-state index contributed by atoms with van der Waals surface area (Å²) in [6.45, 7) is 0. The smallest absolute Gasteiger partial charge is 0.322 e. The molecule has 0 fully saturated rings. The zero-order valence-corrected chi connectivity index (χ0v) is 11.6. The Balaban J connectivity index is 1.79. The summed E-state index contributed by atoms with van der Waals surface area (Å²) in [5.74, 6) is 0.0234. The van der Waals surface area contributed by atoms with Crippen LogP contribution in [0.2, 0.25) is 5.02 Å². The van der Waals surface area contributed by atoms with Crippen molar-refractivity contribution in [1.29, 1.82) is 0 Å². The van der Waals surface area contributed by atoms with Gasteiger partial charge in [0.05, 0.1) is 4.88 Å². The average molecular weight is 306 g/mol. The van der Waals surface area contributed by atoms with Crippen molar-refractivity contribution in [2.45, 2.75) is 0 Å². The number of carbonyl (C=O) groups is 1. The van der Waals surface area contributed by atoms with Crippen molar-refractivity contribution in [2.75, 3.05) is 5.32 Å². The van der Waals surface area contributed by atoms with Crippen LogP contribution in [0.3, 0.4) is 0 Å². The van der Waals surface area contributed by atoms with Crippen LogP contribution in [0.25, 0.3) is 11.5 Å². The first-order valence-electron chi connectivity index (χ1n) is 5.67. The Labute approximate surface area is 123 Å². The lowest BCUT2D eigenvalue weighted by molar-refractivity contribution is 0.102. The maximum absolute atomic E-state index is 11.8. The summed E-state index contributed by atoms with van der Waals surface area (Å²) in [6, 6.07) is 10.6. The molecule has 0 bridgehead atoms. The van der Waals surface area contributed by atoms with Crippen LogP contribution < -0.4 is 5.32 Å². The number of aromatic nitrogens is 2. The number of thiophene rings is 1. The lowest BCUT2D eigenvalue weighted by Crippen LogP contribution is -2.10. The van der Waals surface area contributed by atoms with E-state index in [9.17, 15) is 4.79 Å². The molecular weight excluding hydrogens is 298 g/mol. The van der Waals surface area contributed by atoms with Crippen molar-refractivity contribution in [3.63, 3.8) is 0 Å². The fourth-order valence-corrected chi connectivity index (χ4v) is 2.39. The van der Waals surface area contributed by atoms with Crippen molar-refractivity contribution in [2.24, 2.45) is 0 Å². The van der Waals surface area contributed by atoms with Crippen molar-refractivity contribution < 1.29 is 9.21 Å². The molecule has 0 radical (unpaired) electrons. The highest BCUT2D eigenvalue weighted by Crippen LogP contribution is 2.23. The third-order valence-electron chi connectivity index (χ3n) is 2.46.